The zero-order valence-corrected chi connectivity index (χ0v) is 8.28. The van der Waals surface area contributed by atoms with Crippen LogP contribution in [0.2, 0.25) is 0 Å². The highest BCUT2D eigenvalue weighted by atomic mass is 15.4. The summed E-state index contributed by atoms with van der Waals surface area (Å²) in [6.45, 7) is 1.97. The Bertz CT molecular complexity index is 316. The Kier molecular flexibility index (Phi) is 2.90. The normalized spacial score (nSPS) is 11.5. The molecule has 0 spiro atoms. The number of hydrogen-bond acceptors (Lipinski definition) is 3. The Morgan fingerprint density at radius 2 is 2.08 bits per heavy atom. The molecule has 0 heterocycles. The lowest BCUT2D eigenvalue weighted by Crippen LogP contribution is -2.07. The number of hydrogen-bond donors (Lipinski definition) is 1. The third kappa shape index (κ3) is 2.78. The molecule has 0 unspecified atom stereocenters. The van der Waals surface area contributed by atoms with E-state index in [1.807, 2.05) is 45.3 Å². The van der Waals surface area contributed by atoms with E-state index in [1.165, 1.54) is 0 Å². The summed E-state index contributed by atoms with van der Waals surface area (Å²) in [5.74, 6) is 0. The van der Waals surface area contributed by atoms with Crippen molar-refractivity contribution < 1.29 is 0 Å². The largest absolute Gasteiger partial charge is 0.399 e. The minimum Gasteiger partial charge on any atom is -0.399 e. The summed E-state index contributed by atoms with van der Waals surface area (Å²) in [5.41, 5.74) is 8.46. The van der Waals surface area contributed by atoms with Crippen molar-refractivity contribution in [3.05, 3.63) is 29.8 Å². The number of hydrazone groups is 1. The Balaban J connectivity index is 2.95. The first-order valence-corrected chi connectivity index (χ1v) is 4.18. The van der Waals surface area contributed by atoms with Crippen LogP contribution in [0.4, 0.5) is 5.69 Å². The van der Waals surface area contributed by atoms with Gasteiger partial charge in [0, 0.05) is 19.8 Å². The third-order valence-electron chi connectivity index (χ3n) is 1.65. The summed E-state index contributed by atoms with van der Waals surface area (Å²) in [5, 5.41) is 6.06. The topological polar surface area (TPSA) is 41.6 Å². The molecule has 3 nitrogen and oxygen atoms in total. The average molecular weight is 177 g/mol. The van der Waals surface area contributed by atoms with E-state index in [9.17, 15) is 0 Å². The molecule has 1 rings (SSSR count). The summed E-state index contributed by atoms with van der Waals surface area (Å²) < 4.78 is 0. The van der Waals surface area contributed by atoms with Crippen molar-refractivity contribution in [3.63, 3.8) is 0 Å². The maximum absolute atomic E-state index is 5.66. The lowest BCUT2D eigenvalue weighted by molar-refractivity contribution is 0.438. The van der Waals surface area contributed by atoms with Crippen LogP contribution in [0.3, 0.4) is 0 Å². The molecule has 1 aromatic rings. The third-order valence-corrected chi connectivity index (χ3v) is 1.65. The van der Waals surface area contributed by atoms with Gasteiger partial charge in [0.2, 0.25) is 0 Å². The van der Waals surface area contributed by atoms with Gasteiger partial charge >= 0.3 is 0 Å². The van der Waals surface area contributed by atoms with Gasteiger partial charge in [-0.05, 0) is 24.6 Å². The monoisotopic (exact) mass is 177 g/mol. The molecule has 0 atom stereocenters. The van der Waals surface area contributed by atoms with Gasteiger partial charge in [0.15, 0.2) is 0 Å². The molecule has 0 aliphatic rings. The predicted molar refractivity (Wildman–Crippen MR) is 56.8 cm³/mol. The standard InChI is InChI=1S/C10H15N3/c1-8(12-13(2)3)9-5-4-6-10(11)7-9/h4-7H,11H2,1-3H3. The average Bonchev–Trinajstić information content (AvgIpc) is 2.03. The molecule has 0 aromatic heterocycles. The van der Waals surface area contributed by atoms with E-state index >= 15 is 0 Å². The first kappa shape index (κ1) is 9.58. The zero-order valence-electron chi connectivity index (χ0n) is 8.28. The van der Waals surface area contributed by atoms with Crippen molar-refractivity contribution in [1.82, 2.24) is 5.01 Å². The second-order valence-electron chi connectivity index (χ2n) is 3.16. The lowest BCUT2D eigenvalue weighted by atomic mass is 10.1. The van der Waals surface area contributed by atoms with Crippen molar-refractivity contribution in [3.8, 4) is 0 Å². The van der Waals surface area contributed by atoms with Crippen molar-refractivity contribution in [2.24, 2.45) is 5.10 Å². The summed E-state index contributed by atoms with van der Waals surface area (Å²) in [6, 6.07) is 7.72. The summed E-state index contributed by atoms with van der Waals surface area (Å²) >= 11 is 0. The van der Waals surface area contributed by atoms with Gasteiger partial charge in [0.25, 0.3) is 0 Å². The molecule has 70 valence electrons. The van der Waals surface area contributed by atoms with Crippen LogP contribution in [0.25, 0.3) is 0 Å². The Labute approximate surface area is 78.9 Å². The molecular weight excluding hydrogens is 162 g/mol. The Morgan fingerprint density at radius 1 is 1.38 bits per heavy atom. The number of benzene rings is 1. The second kappa shape index (κ2) is 3.94. The molecule has 2 N–H and O–H groups in total. The second-order valence-corrected chi connectivity index (χ2v) is 3.16. The van der Waals surface area contributed by atoms with E-state index in [1.54, 1.807) is 5.01 Å². The lowest BCUT2D eigenvalue weighted by Gasteiger charge is -2.07. The van der Waals surface area contributed by atoms with Crippen LogP contribution in [0.15, 0.2) is 29.4 Å². The highest BCUT2D eigenvalue weighted by Crippen LogP contribution is 2.07. The van der Waals surface area contributed by atoms with Gasteiger partial charge in [-0.15, -0.1) is 0 Å². The van der Waals surface area contributed by atoms with Gasteiger partial charge in [0.1, 0.15) is 0 Å². The van der Waals surface area contributed by atoms with Crippen molar-refractivity contribution in [2.45, 2.75) is 6.92 Å². The first-order valence-electron chi connectivity index (χ1n) is 4.18. The van der Waals surface area contributed by atoms with E-state index < -0.39 is 0 Å². The Morgan fingerprint density at radius 3 is 2.62 bits per heavy atom. The summed E-state index contributed by atoms with van der Waals surface area (Å²) in [6.07, 6.45) is 0. The van der Waals surface area contributed by atoms with Gasteiger partial charge in [-0.3, -0.25) is 0 Å². The van der Waals surface area contributed by atoms with Crippen LogP contribution in [-0.2, 0) is 0 Å². The van der Waals surface area contributed by atoms with E-state index in [0.29, 0.717) is 0 Å². The van der Waals surface area contributed by atoms with Crippen LogP contribution < -0.4 is 5.73 Å². The minimum absolute atomic E-state index is 0.769. The molecule has 0 amide bonds. The van der Waals surface area contributed by atoms with Crippen LogP contribution in [0.5, 0.6) is 0 Å². The SMILES string of the molecule is CC(=NN(C)C)c1cccc(N)c1. The van der Waals surface area contributed by atoms with E-state index in [-0.39, 0.29) is 0 Å². The minimum atomic E-state index is 0.769. The van der Waals surface area contributed by atoms with Gasteiger partial charge in [-0.25, -0.2) is 0 Å². The smallest absolute Gasteiger partial charge is 0.0647 e. The van der Waals surface area contributed by atoms with Crippen molar-refractivity contribution in [2.75, 3.05) is 19.8 Å². The number of nitrogens with zero attached hydrogens (tertiary/aromatic N) is 2. The molecule has 0 radical (unpaired) electrons. The first-order chi connectivity index (χ1) is 6.09. The van der Waals surface area contributed by atoms with Crippen molar-refractivity contribution in [1.29, 1.82) is 0 Å². The maximum Gasteiger partial charge on any atom is 0.0647 e. The molecule has 0 saturated carbocycles. The fourth-order valence-corrected chi connectivity index (χ4v) is 1.12. The van der Waals surface area contributed by atoms with Crippen LogP contribution in [-0.4, -0.2) is 24.8 Å². The predicted octanol–water partition coefficient (Wildman–Crippen LogP) is 1.55. The van der Waals surface area contributed by atoms with E-state index in [4.69, 9.17) is 5.73 Å². The van der Waals surface area contributed by atoms with Gasteiger partial charge in [-0.1, -0.05) is 12.1 Å². The van der Waals surface area contributed by atoms with Crippen LogP contribution in [0.1, 0.15) is 12.5 Å². The molecule has 0 bridgehead atoms. The summed E-state index contributed by atoms with van der Waals surface area (Å²) in [4.78, 5) is 0. The maximum atomic E-state index is 5.66. The number of nitrogen functional groups attached to an aromatic ring is 1. The molecule has 0 aliphatic carbocycles. The van der Waals surface area contributed by atoms with E-state index in [0.717, 1.165) is 17.0 Å². The van der Waals surface area contributed by atoms with E-state index in [2.05, 4.69) is 5.10 Å². The van der Waals surface area contributed by atoms with Crippen molar-refractivity contribution >= 4 is 11.4 Å². The molecule has 0 saturated heterocycles. The number of nitrogens with two attached hydrogens (primary N) is 1. The molecule has 3 heteroatoms. The quantitative estimate of drug-likeness (QED) is 0.423. The van der Waals surface area contributed by atoms with Crippen LogP contribution in [0, 0.1) is 0 Å². The molecule has 1 aromatic carbocycles. The zero-order chi connectivity index (χ0) is 9.84. The number of rotatable bonds is 2. The van der Waals surface area contributed by atoms with Gasteiger partial charge < -0.3 is 10.7 Å². The molecule has 0 aliphatic heterocycles. The number of anilines is 1. The molecular formula is C10H15N3. The van der Waals surface area contributed by atoms with Gasteiger partial charge in [-0.2, -0.15) is 5.10 Å². The Hall–Kier alpha value is -1.51. The summed E-state index contributed by atoms with van der Waals surface area (Å²) in [7, 11) is 3.80. The van der Waals surface area contributed by atoms with Crippen LogP contribution >= 0.6 is 0 Å². The fourth-order valence-electron chi connectivity index (χ4n) is 1.12. The van der Waals surface area contributed by atoms with Gasteiger partial charge in [0.05, 0.1) is 5.71 Å². The highest BCUT2D eigenvalue weighted by molar-refractivity contribution is 5.99. The molecule has 13 heavy (non-hydrogen) atoms. The highest BCUT2D eigenvalue weighted by Gasteiger charge is 1.97. The fraction of sp³-hybridized carbons (Fsp3) is 0.300. The molecule has 0 fully saturated rings.